The first-order valence-corrected chi connectivity index (χ1v) is 4.99. The van der Waals surface area contributed by atoms with Gasteiger partial charge in [0.25, 0.3) is 0 Å². The van der Waals surface area contributed by atoms with Crippen molar-refractivity contribution in [1.82, 2.24) is 0 Å². The molecule has 0 spiro atoms. The van der Waals surface area contributed by atoms with Gasteiger partial charge in [-0.15, -0.1) is 11.6 Å². The number of ether oxygens (including phenoxy) is 1. The van der Waals surface area contributed by atoms with Crippen LogP contribution in [0, 0.1) is 0 Å². The van der Waals surface area contributed by atoms with Crippen LogP contribution in [0.5, 0.6) is 0 Å². The summed E-state index contributed by atoms with van der Waals surface area (Å²) in [6.45, 7) is 7.27. The third-order valence-electron chi connectivity index (χ3n) is 2.04. The Bertz CT molecular complexity index is 180. The van der Waals surface area contributed by atoms with Gasteiger partial charge in [0.05, 0.1) is 6.26 Å². The number of carbonyl (C=O) groups excluding carboxylic acids is 1. The highest BCUT2D eigenvalue weighted by molar-refractivity contribution is 6.34. The van der Waals surface area contributed by atoms with Crippen molar-refractivity contribution in [2.24, 2.45) is 0 Å². The fraction of sp³-hybridized carbons (Fsp3) is 0.700. The number of unbranched alkanes of at least 4 members (excludes halogenated alkanes) is 1. The Kier molecular flexibility index (Phi) is 5.80. The van der Waals surface area contributed by atoms with Crippen molar-refractivity contribution < 1.29 is 9.53 Å². The lowest BCUT2D eigenvalue weighted by Gasteiger charge is -2.21. The van der Waals surface area contributed by atoms with Gasteiger partial charge in [-0.3, -0.25) is 0 Å². The fourth-order valence-corrected chi connectivity index (χ4v) is 1.24. The molecule has 0 radical (unpaired) electrons. The molecule has 13 heavy (non-hydrogen) atoms. The maximum atomic E-state index is 11.4. The van der Waals surface area contributed by atoms with Gasteiger partial charge in [0.1, 0.15) is 4.87 Å². The van der Waals surface area contributed by atoms with E-state index in [1.807, 2.05) is 6.92 Å². The Morgan fingerprint density at radius 1 is 1.62 bits per heavy atom. The van der Waals surface area contributed by atoms with Crippen LogP contribution in [0.2, 0.25) is 0 Å². The molecule has 0 amide bonds. The lowest BCUT2D eigenvalue weighted by atomic mass is 9.98. The maximum absolute atomic E-state index is 11.4. The molecule has 0 aromatic heterocycles. The molecule has 0 rings (SSSR count). The number of hydrogen-bond donors (Lipinski definition) is 0. The summed E-state index contributed by atoms with van der Waals surface area (Å²) in [5.41, 5.74) is 0. The molecule has 0 bridgehead atoms. The lowest BCUT2D eigenvalue weighted by Crippen LogP contribution is -2.32. The highest BCUT2D eigenvalue weighted by atomic mass is 35.5. The van der Waals surface area contributed by atoms with Gasteiger partial charge in [-0.25, -0.2) is 4.79 Å². The molecule has 0 aromatic rings. The zero-order valence-corrected chi connectivity index (χ0v) is 9.06. The molecule has 1 atom stereocenters. The molecule has 0 saturated carbocycles. The van der Waals surface area contributed by atoms with Crippen LogP contribution in [0.15, 0.2) is 12.8 Å². The topological polar surface area (TPSA) is 26.3 Å². The van der Waals surface area contributed by atoms with Crippen LogP contribution in [0.4, 0.5) is 0 Å². The van der Waals surface area contributed by atoms with E-state index in [1.165, 1.54) is 0 Å². The zero-order valence-electron chi connectivity index (χ0n) is 8.31. The average Bonchev–Trinajstić information content (AvgIpc) is 2.14. The molecule has 2 nitrogen and oxygen atoms in total. The Hall–Kier alpha value is -0.500. The Morgan fingerprint density at radius 2 is 2.23 bits per heavy atom. The summed E-state index contributed by atoms with van der Waals surface area (Å²) < 4.78 is 4.69. The van der Waals surface area contributed by atoms with E-state index in [0.717, 1.165) is 19.1 Å². The SMILES string of the molecule is C=COC(=O)C(Cl)(CC)CCCC. The summed E-state index contributed by atoms with van der Waals surface area (Å²) >= 11 is 6.11. The first-order valence-electron chi connectivity index (χ1n) is 4.61. The summed E-state index contributed by atoms with van der Waals surface area (Å²) in [5.74, 6) is -0.389. The van der Waals surface area contributed by atoms with Crippen molar-refractivity contribution in [3.05, 3.63) is 12.8 Å². The first kappa shape index (κ1) is 12.5. The zero-order chi connectivity index (χ0) is 10.3. The number of esters is 1. The normalized spacial score (nSPS) is 14.7. The number of alkyl halides is 1. The molecule has 0 aliphatic rings. The van der Waals surface area contributed by atoms with Gasteiger partial charge in [-0.2, -0.15) is 0 Å². The molecule has 0 fully saturated rings. The number of halogens is 1. The summed E-state index contributed by atoms with van der Waals surface area (Å²) in [4.78, 5) is 10.5. The van der Waals surface area contributed by atoms with Gasteiger partial charge >= 0.3 is 5.97 Å². The van der Waals surface area contributed by atoms with Crippen molar-refractivity contribution in [3.63, 3.8) is 0 Å². The monoisotopic (exact) mass is 204 g/mol. The van der Waals surface area contributed by atoms with Crippen molar-refractivity contribution in [1.29, 1.82) is 0 Å². The summed E-state index contributed by atoms with van der Waals surface area (Å²) in [7, 11) is 0. The molecular weight excluding hydrogens is 188 g/mol. The Labute approximate surface area is 84.9 Å². The van der Waals surface area contributed by atoms with Gasteiger partial charge < -0.3 is 4.74 Å². The van der Waals surface area contributed by atoms with E-state index >= 15 is 0 Å². The third kappa shape index (κ3) is 3.81. The van der Waals surface area contributed by atoms with Crippen molar-refractivity contribution in [3.8, 4) is 0 Å². The Balaban J connectivity index is 4.23. The van der Waals surface area contributed by atoms with E-state index in [9.17, 15) is 4.79 Å². The largest absolute Gasteiger partial charge is 0.434 e. The van der Waals surface area contributed by atoms with Crippen LogP contribution < -0.4 is 0 Å². The summed E-state index contributed by atoms with van der Waals surface area (Å²) in [6, 6.07) is 0. The number of hydrogen-bond acceptors (Lipinski definition) is 2. The minimum absolute atomic E-state index is 0.389. The molecule has 0 saturated heterocycles. The van der Waals surface area contributed by atoms with Crippen molar-refractivity contribution in [2.75, 3.05) is 0 Å². The highest BCUT2D eigenvalue weighted by Crippen LogP contribution is 2.28. The quantitative estimate of drug-likeness (QED) is 0.377. The van der Waals surface area contributed by atoms with Crippen LogP contribution in [0.25, 0.3) is 0 Å². The molecule has 1 unspecified atom stereocenters. The lowest BCUT2D eigenvalue weighted by molar-refractivity contribution is -0.141. The first-order chi connectivity index (χ1) is 6.10. The summed E-state index contributed by atoms with van der Waals surface area (Å²) in [6.07, 6.45) is 4.33. The van der Waals surface area contributed by atoms with E-state index in [2.05, 4.69) is 18.2 Å². The predicted octanol–water partition coefficient (Wildman–Crippen LogP) is 3.25. The van der Waals surface area contributed by atoms with Crippen LogP contribution in [0.3, 0.4) is 0 Å². The smallest absolute Gasteiger partial charge is 0.331 e. The molecule has 0 aromatic carbocycles. The summed E-state index contributed by atoms with van der Waals surface area (Å²) in [5, 5.41) is 0. The minimum Gasteiger partial charge on any atom is -0.434 e. The van der Waals surface area contributed by atoms with Crippen LogP contribution in [-0.4, -0.2) is 10.8 Å². The highest BCUT2D eigenvalue weighted by Gasteiger charge is 2.34. The van der Waals surface area contributed by atoms with Gasteiger partial charge in [0.2, 0.25) is 0 Å². The van der Waals surface area contributed by atoms with Gasteiger partial charge in [-0.05, 0) is 12.8 Å². The van der Waals surface area contributed by atoms with Gasteiger partial charge in [-0.1, -0.05) is 33.3 Å². The van der Waals surface area contributed by atoms with Crippen LogP contribution >= 0.6 is 11.6 Å². The van der Waals surface area contributed by atoms with E-state index in [1.54, 1.807) is 0 Å². The number of carbonyl (C=O) groups is 1. The van der Waals surface area contributed by atoms with E-state index in [-0.39, 0.29) is 5.97 Å². The Morgan fingerprint density at radius 3 is 2.62 bits per heavy atom. The molecule has 0 heterocycles. The van der Waals surface area contributed by atoms with Crippen molar-refractivity contribution >= 4 is 17.6 Å². The molecule has 0 aliphatic carbocycles. The second-order valence-electron chi connectivity index (χ2n) is 2.99. The molecule has 3 heteroatoms. The van der Waals surface area contributed by atoms with Gasteiger partial charge in [0.15, 0.2) is 0 Å². The fourth-order valence-electron chi connectivity index (χ4n) is 1.06. The molecule has 0 aliphatic heterocycles. The number of rotatable bonds is 6. The van der Waals surface area contributed by atoms with Gasteiger partial charge in [0, 0.05) is 0 Å². The van der Waals surface area contributed by atoms with Crippen LogP contribution in [0.1, 0.15) is 39.5 Å². The second kappa shape index (κ2) is 6.03. The molecular formula is C10H17ClO2. The van der Waals surface area contributed by atoms with Crippen LogP contribution in [-0.2, 0) is 9.53 Å². The minimum atomic E-state index is -0.857. The van der Waals surface area contributed by atoms with E-state index < -0.39 is 4.87 Å². The van der Waals surface area contributed by atoms with Crippen molar-refractivity contribution in [2.45, 2.75) is 44.4 Å². The predicted molar refractivity (Wildman–Crippen MR) is 54.7 cm³/mol. The molecule has 76 valence electrons. The second-order valence-corrected chi connectivity index (χ2v) is 3.72. The molecule has 0 N–H and O–H groups in total. The third-order valence-corrected chi connectivity index (χ3v) is 2.65. The average molecular weight is 205 g/mol. The standard InChI is InChI=1S/C10H17ClO2/c1-4-7-8-10(11,5-2)9(12)13-6-3/h6H,3-5,7-8H2,1-2H3. The van der Waals surface area contributed by atoms with E-state index in [4.69, 9.17) is 11.6 Å². The van der Waals surface area contributed by atoms with E-state index in [0.29, 0.717) is 12.8 Å². The maximum Gasteiger partial charge on any atom is 0.331 e.